The first-order valence-corrected chi connectivity index (χ1v) is 8.63. The zero-order valence-corrected chi connectivity index (χ0v) is 14.8. The number of hydrogen-bond donors (Lipinski definition) is 2. The van der Waals surface area contributed by atoms with E-state index in [9.17, 15) is 0 Å². The summed E-state index contributed by atoms with van der Waals surface area (Å²) in [5, 5.41) is 9.20. The minimum absolute atomic E-state index is 0.348. The molecule has 4 rings (SSSR count). The van der Waals surface area contributed by atoms with Crippen LogP contribution in [0.1, 0.15) is 16.7 Å². The van der Waals surface area contributed by atoms with Gasteiger partial charge in [0.2, 0.25) is 0 Å². The SMILES string of the molecule is N=C1C=CC=C(c2cc(Cc3ccncc3)cc3cccnc23)/C1=N/S. The lowest BCUT2D eigenvalue weighted by Crippen LogP contribution is -2.15. The lowest BCUT2D eigenvalue weighted by molar-refractivity contribution is 1.16. The summed E-state index contributed by atoms with van der Waals surface area (Å²) in [6.45, 7) is 0. The number of aromatic nitrogens is 2. The van der Waals surface area contributed by atoms with Gasteiger partial charge in [-0.15, -0.1) is 0 Å². The molecular formula is C21H16N4S. The van der Waals surface area contributed by atoms with Crippen LogP contribution < -0.4 is 0 Å². The average molecular weight is 356 g/mol. The Labute approximate surface area is 157 Å². The van der Waals surface area contributed by atoms with Gasteiger partial charge in [0, 0.05) is 35.1 Å². The highest BCUT2D eigenvalue weighted by Gasteiger charge is 2.19. The Morgan fingerprint density at radius 2 is 1.88 bits per heavy atom. The maximum Gasteiger partial charge on any atom is 0.104 e. The van der Waals surface area contributed by atoms with Gasteiger partial charge >= 0.3 is 0 Å². The molecule has 0 aliphatic heterocycles. The summed E-state index contributed by atoms with van der Waals surface area (Å²) < 4.78 is 4.04. The fourth-order valence-electron chi connectivity index (χ4n) is 3.17. The summed E-state index contributed by atoms with van der Waals surface area (Å²) in [4.78, 5) is 8.66. The first-order chi connectivity index (χ1) is 12.8. The molecule has 1 aromatic carbocycles. The lowest BCUT2D eigenvalue weighted by Gasteiger charge is -2.16. The van der Waals surface area contributed by atoms with Crippen LogP contribution in [0, 0.1) is 5.41 Å². The largest absolute Gasteiger partial charge is 0.299 e. The van der Waals surface area contributed by atoms with Gasteiger partial charge in [0.25, 0.3) is 0 Å². The second-order valence-corrected chi connectivity index (χ2v) is 6.25. The molecule has 2 heterocycles. The zero-order chi connectivity index (χ0) is 17.9. The number of hydrogen-bond acceptors (Lipinski definition) is 5. The van der Waals surface area contributed by atoms with E-state index < -0.39 is 0 Å². The number of benzene rings is 1. The Morgan fingerprint density at radius 3 is 2.69 bits per heavy atom. The number of nitrogens with zero attached hydrogens (tertiary/aromatic N) is 3. The van der Waals surface area contributed by atoms with E-state index in [1.54, 1.807) is 24.7 Å². The van der Waals surface area contributed by atoms with Crippen LogP contribution in [0.15, 0.2) is 77.6 Å². The summed E-state index contributed by atoms with van der Waals surface area (Å²) in [6, 6.07) is 12.3. The van der Waals surface area contributed by atoms with Gasteiger partial charge in [-0.25, -0.2) is 4.40 Å². The fourth-order valence-corrected chi connectivity index (χ4v) is 3.38. The van der Waals surface area contributed by atoms with E-state index in [0.29, 0.717) is 11.4 Å². The van der Waals surface area contributed by atoms with E-state index in [0.717, 1.165) is 28.5 Å². The van der Waals surface area contributed by atoms with Crippen LogP contribution in [0.2, 0.25) is 0 Å². The van der Waals surface area contributed by atoms with Crippen molar-refractivity contribution in [2.45, 2.75) is 6.42 Å². The molecule has 26 heavy (non-hydrogen) atoms. The molecule has 2 aromatic heterocycles. The van der Waals surface area contributed by atoms with E-state index >= 15 is 0 Å². The van der Waals surface area contributed by atoms with E-state index in [2.05, 4.69) is 45.4 Å². The van der Waals surface area contributed by atoms with Gasteiger partial charge in [-0.3, -0.25) is 15.4 Å². The molecule has 126 valence electrons. The molecule has 1 aliphatic rings. The molecule has 0 fully saturated rings. The van der Waals surface area contributed by atoms with Gasteiger partial charge < -0.3 is 0 Å². The average Bonchev–Trinajstić information content (AvgIpc) is 2.68. The van der Waals surface area contributed by atoms with Crippen molar-refractivity contribution in [1.29, 1.82) is 5.41 Å². The summed E-state index contributed by atoms with van der Waals surface area (Å²) in [6.07, 6.45) is 11.7. The van der Waals surface area contributed by atoms with Crippen LogP contribution in [0.25, 0.3) is 16.5 Å². The number of pyridine rings is 2. The molecule has 4 nitrogen and oxygen atoms in total. The van der Waals surface area contributed by atoms with Gasteiger partial charge in [-0.05, 0) is 66.8 Å². The Balaban J connectivity index is 1.89. The smallest absolute Gasteiger partial charge is 0.104 e. The van der Waals surface area contributed by atoms with Gasteiger partial charge in [0.1, 0.15) is 5.71 Å². The number of rotatable bonds is 3. The molecule has 3 aromatic rings. The summed E-state index contributed by atoms with van der Waals surface area (Å²) in [5.74, 6) is 0. The van der Waals surface area contributed by atoms with Crippen molar-refractivity contribution in [1.82, 2.24) is 9.97 Å². The maximum absolute atomic E-state index is 8.13. The highest BCUT2D eigenvalue weighted by Crippen LogP contribution is 2.29. The Morgan fingerprint density at radius 1 is 1.04 bits per heavy atom. The monoisotopic (exact) mass is 356 g/mol. The van der Waals surface area contributed by atoms with Crippen LogP contribution in [-0.4, -0.2) is 21.4 Å². The standard InChI is InChI=1S/C21H16N4S/c22-19-5-1-4-17(21(19)25-26)18-13-15(11-14-6-9-23-10-7-14)12-16-3-2-8-24-20(16)18/h1-10,12-13,22,26H,11H2/b22-19?,25-21-. The zero-order valence-electron chi connectivity index (χ0n) is 13.9. The van der Waals surface area contributed by atoms with Crippen molar-refractivity contribution >= 4 is 40.7 Å². The van der Waals surface area contributed by atoms with Gasteiger partial charge in [-0.1, -0.05) is 18.2 Å². The molecule has 1 N–H and O–H groups in total. The Kier molecular flexibility index (Phi) is 4.46. The van der Waals surface area contributed by atoms with E-state index in [1.807, 2.05) is 30.4 Å². The van der Waals surface area contributed by atoms with Crippen molar-refractivity contribution in [3.8, 4) is 0 Å². The molecule has 0 saturated carbocycles. The van der Waals surface area contributed by atoms with Crippen molar-refractivity contribution in [3.63, 3.8) is 0 Å². The molecule has 0 atom stereocenters. The Hall–Kier alpha value is -3.05. The summed E-state index contributed by atoms with van der Waals surface area (Å²) in [5.41, 5.74) is 6.01. The van der Waals surface area contributed by atoms with Crippen LogP contribution in [-0.2, 0) is 6.42 Å². The third kappa shape index (κ3) is 3.09. The molecule has 1 aliphatic carbocycles. The maximum atomic E-state index is 8.13. The first-order valence-electron chi connectivity index (χ1n) is 8.23. The second kappa shape index (κ2) is 7.06. The van der Waals surface area contributed by atoms with Gasteiger partial charge in [0.05, 0.1) is 11.2 Å². The predicted octanol–water partition coefficient (Wildman–Crippen LogP) is 4.48. The highest BCUT2D eigenvalue weighted by molar-refractivity contribution is 7.79. The molecule has 0 radical (unpaired) electrons. The second-order valence-electron chi connectivity index (χ2n) is 6.05. The van der Waals surface area contributed by atoms with Crippen LogP contribution in [0.4, 0.5) is 0 Å². The van der Waals surface area contributed by atoms with Gasteiger partial charge in [0.15, 0.2) is 0 Å². The normalized spacial score (nSPS) is 15.5. The molecule has 5 heteroatoms. The van der Waals surface area contributed by atoms with Crippen molar-refractivity contribution in [2.24, 2.45) is 4.40 Å². The predicted molar refractivity (Wildman–Crippen MR) is 110 cm³/mol. The number of nitrogens with one attached hydrogen (secondary N) is 1. The van der Waals surface area contributed by atoms with Crippen LogP contribution in [0.5, 0.6) is 0 Å². The third-order valence-electron chi connectivity index (χ3n) is 4.35. The molecule has 0 amide bonds. The summed E-state index contributed by atoms with van der Waals surface area (Å²) in [7, 11) is 0. The lowest BCUT2D eigenvalue weighted by atomic mass is 9.90. The van der Waals surface area contributed by atoms with Crippen LogP contribution in [0.3, 0.4) is 0 Å². The van der Waals surface area contributed by atoms with E-state index in [4.69, 9.17) is 5.41 Å². The minimum Gasteiger partial charge on any atom is -0.299 e. The topological polar surface area (TPSA) is 62.0 Å². The quantitative estimate of drug-likeness (QED) is 0.537. The molecule has 0 unspecified atom stereocenters. The number of fused-ring (bicyclic) bond motifs is 1. The number of allylic oxidation sites excluding steroid dienone is 4. The van der Waals surface area contributed by atoms with Crippen molar-refractivity contribution in [3.05, 3.63) is 89.9 Å². The van der Waals surface area contributed by atoms with Crippen molar-refractivity contribution < 1.29 is 0 Å². The summed E-state index contributed by atoms with van der Waals surface area (Å²) >= 11 is 4.08. The van der Waals surface area contributed by atoms with Crippen LogP contribution >= 0.6 is 12.8 Å². The molecule has 0 saturated heterocycles. The van der Waals surface area contributed by atoms with E-state index in [1.165, 1.54) is 11.1 Å². The van der Waals surface area contributed by atoms with E-state index in [-0.39, 0.29) is 0 Å². The first kappa shape index (κ1) is 16.4. The molecular weight excluding hydrogens is 340 g/mol. The van der Waals surface area contributed by atoms with Gasteiger partial charge in [-0.2, -0.15) is 0 Å². The molecule has 0 bridgehead atoms. The minimum atomic E-state index is 0.348. The van der Waals surface area contributed by atoms with Crippen molar-refractivity contribution in [2.75, 3.05) is 0 Å². The third-order valence-corrected chi connectivity index (χ3v) is 4.55. The fraction of sp³-hybridized carbons (Fsp3) is 0.0476. The molecule has 0 spiro atoms. The highest BCUT2D eigenvalue weighted by atomic mass is 32.1. The number of thiol groups is 1. The Bertz CT molecular complexity index is 1080.